The molecule has 0 saturated carbocycles. The fraction of sp³-hybridized carbons (Fsp3) is 0.550. The maximum absolute atomic E-state index is 13.1. The van der Waals surface area contributed by atoms with Gasteiger partial charge in [-0.25, -0.2) is 4.39 Å². The first-order chi connectivity index (χ1) is 13.1. The molecule has 3 heterocycles. The molecule has 1 atom stereocenters. The zero-order valence-electron chi connectivity index (χ0n) is 15.8. The molecule has 2 aromatic rings. The van der Waals surface area contributed by atoms with Gasteiger partial charge in [-0.3, -0.25) is 9.69 Å². The van der Waals surface area contributed by atoms with Crippen LogP contribution in [0, 0.1) is 5.82 Å². The third-order valence-corrected chi connectivity index (χ3v) is 5.70. The van der Waals surface area contributed by atoms with E-state index < -0.39 is 0 Å². The Bertz CT molecular complexity index is 803. The summed E-state index contributed by atoms with van der Waals surface area (Å²) >= 11 is 0. The van der Waals surface area contributed by atoms with Crippen molar-refractivity contribution in [1.29, 1.82) is 0 Å². The Kier molecular flexibility index (Phi) is 5.20. The lowest BCUT2D eigenvalue weighted by Gasteiger charge is -2.31. The van der Waals surface area contributed by atoms with Gasteiger partial charge in [0.15, 0.2) is 0 Å². The molecule has 6 nitrogen and oxygen atoms in total. The van der Waals surface area contributed by atoms with Crippen LogP contribution in [0.3, 0.4) is 0 Å². The van der Waals surface area contributed by atoms with Gasteiger partial charge in [0.2, 0.25) is 5.91 Å². The van der Waals surface area contributed by atoms with Crippen molar-refractivity contribution >= 4 is 5.91 Å². The number of aromatic nitrogens is 3. The molecular weight excluding hydrogens is 345 g/mol. The Labute approximate surface area is 159 Å². The third kappa shape index (κ3) is 4.03. The molecule has 2 aliphatic rings. The van der Waals surface area contributed by atoms with Crippen LogP contribution in [0.5, 0.6) is 0 Å². The van der Waals surface area contributed by atoms with Crippen molar-refractivity contribution in [2.45, 2.75) is 45.2 Å². The number of amides is 1. The molecule has 1 saturated heterocycles. The summed E-state index contributed by atoms with van der Waals surface area (Å²) in [4.78, 5) is 16.1. The average Bonchev–Trinajstić information content (AvgIpc) is 2.98. The summed E-state index contributed by atoms with van der Waals surface area (Å²) in [6, 6.07) is 6.74. The lowest BCUT2D eigenvalue weighted by Crippen LogP contribution is -2.38. The Morgan fingerprint density at radius 2 is 1.96 bits per heavy atom. The lowest BCUT2D eigenvalue weighted by atomic mass is 9.97. The van der Waals surface area contributed by atoms with Gasteiger partial charge in [0.25, 0.3) is 0 Å². The van der Waals surface area contributed by atoms with E-state index in [2.05, 4.69) is 19.7 Å². The van der Waals surface area contributed by atoms with Gasteiger partial charge in [-0.1, -0.05) is 12.1 Å². The highest BCUT2D eigenvalue weighted by atomic mass is 19.1. The van der Waals surface area contributed by atoms with Crippen LogP contribution in [0.2, 0.25) is 0 Å². The van der Waals surface area contributed by atoms with Crippen LogP contribution in [0.4, 0.5) is 4.39 Å². The van der Waals surface area contributed by atoms with Crippen LogP contribution in [0.1, 0.15) is 42.9 Å². The molecule has 1 aromatic heterocycles. The second-order valence-corrected chi connectivity index (χ2v) is 7.58. The van der Waals surface area contributed by atoms with Gasteiger partial charge in [0, 0.05) is 58.5 Å². The van der Waals surface area contributed by atoms with E-state index in [0.29, 0.717) is 0 Å². The van der Waals surface area contributed by atoms with Crippen LogP contribution >= 0.6 is 0 Å². The highest BCUT2D eigenvalue weighted by Crippen LogP contribution is 2.27. The van der Waals surface area contributed by atoms with Gasteiger partial charge >= 0.3 is 0 Å². The number of carbonyl (C=O) groups is 1. The molecule has 0 spiro atoms. The molecule has 0 radical (unpaired) electrons. The van der Waals surface area contributed by atoms with Gasteiger partial charge in [-0.05, 0) is 30.5 Å². The predicted octanol–water partition coefficient (Wildman–Crippen LogP) is 2.20. The van der Waals surface area contributed by atoms with Crippen LogP contribution in [0.25, 0.3) is 0 Å². The highest BCUT2D eigenvalue weighted by molar-refractivity contribution is 5.73. The smallest absolute Gasteiger partial charge is 0.219 e. The predicted molar refractivity (Wildman–Crippen MR) is 99.6 cm³/mol. The fourth-order valence-electron chi connectivity index (χ4n) is 4.17. The van der Waals surface area contributed by atoms with Crippen molar-refractivity contribution in [2.75, 3.05) is 26.2 Å². The minimum absolute atomic E-state index is 0.140. The number of likely N-dealkylation sites (tertiary alicyclic amines) is 1. The first-order valence-corrected chi connectivity index (χ1v) is 9.74. The summed E-state index contributed by atoms with van der Waals surface area (Å²) in [6.07, 6.45) is 2.93. The molecule has 144 valence electrons. The SMILES string of the molecule is CC(=O)N1CCC[C@@H](c2nnc3n2CCN(Cc2ccc(F)cc2)CC3)C1. The molecule has 1 amide bonds. The van der Waals surface area contributed by atoms with Crippen molar-refractivity contribution in [1.82, 2.24) is 24.6 Å². The number of hydrogen-bond donors (Lipinski definition) is 0. The number of carbonyl (C=O) groups excluding carboxylic acids is 1. The number of halogens is 1. The quantitative estimate of drug-likeness (QED) is 0.830. The van der Waals surface area contributed by atoms with Crippen molar-refractivity contribution in [3.8, 4) is 0 Å². The Balaban J connectivity index is 1.44. The molecule has 27 heavy (non-hydrogen) atoms. The largest absolute Gasteiger partial charge is 0.342 e. The van der Waals surface area contributed by atoms with Crippen molar-refractivity contribution in [2.24, 2.45) is 0 Å². The van der Waals surface area contributed by atoms with Crippen LogP contribution in [0.15, 0.2) is 24.3 Å². The van der Waals surface area contributed by atoms with E-state index in [9.17, 15) is 9.18 Å². The second-order valence-electron chi connectivity index (χ2n) is 7.58. The first-order valence-electron chi connectivity index (χ1n) is 9.74. The summed E-state index contributed by atoms with van der Waals surface area (Å²) in [6.45, 7) is 6.73. The summed E-state index contributed by atoms with van der Waals surface area (Å²) < 4.78 is 15.4. The number of piperidine rings is 1. The second kappa shape index (κ2) is 7.76. The van der Waals surface area contributed by atoms with Crippen LogP contribution in [-0.2, 0) is 24.3 Å². The number of hydrogen-bond acceptors (Lipinski definition) is 4. The molecule has 0 unspecified atom stereocenters. The number of benzene rings is 1. The molecule has 0 bridgehead atoms. The Morgan fingerprint density at radius 3 is 2.74 bits per heavy atom. The molecule has 7 heteroatoms. The normalized spacial score (nSPS) is 21.0. The molecule has 1 aromatic carbocycles. The van der Waals surface area contributed by atoms with Gasteiger partial charge in [0.05, 0.1) is 0 Å². The maximum atomic E-state index is 13.1. The minimum Gasteiger partial charge on any atom is -0.342 e. The van der Waals surface area contributed by atoms with E-state index in [1.165, 1.54) is 12.1 Å². The highest BCUT2D eigenvalue weighted by Gasteiger charge is 2.29. The molecule has 1 fully saturated rings. The first kappa shape index (κ1) is 18.1. The Hall–Kier alpha value is -2.28. The van der Waals surface area contributed by atoms with Crippen molar-refractivity contribution < 1.29 is 9.18 Å². The van der Waals surface area contributed by atoms with Crippen molar-refractivity contribution in [3.05, 3.63) is 47.3 Å². The van der Waals surface area contributed by atoms with E-state index in [0.717, 1.165) is 75.7 Å². The van der Waals surface area contributed by atoms with E-state index in [1.807, 2.05) is 17.0 Å². The van der Waals surface area contributed by atoms with E-state index in [4.69, 9.17) is 0 Å². The molecular formula is C20H26FN5O. The standard InChI is InChI=1S/C20H26FN5O/c1-15(27)25-9-2-3-17(14-25)20-23-22-19-8-10-24(11-12-26(19)20)13-16-4-6-18(21)7-5-16/h4-7,17H,2-3,8-14H2,1H3/t17-/m1/s1. The van der Waals surface area contributed by atoms with Gasteiger partial charge < -0.3 is 9.47 Å². The summed E-state index contributed by atoms with van der Waals surface area (Å²) in [5, 5.41) is 8.94. The monoisotopic (exact) mass is 371 g/mol. The van der Waals surface area contributed by atoms with Gasteiger partial charge in [-0.15, -0.1) is 10.2 Å². The lowest BCUT2D eigenvalue weighted by molar-refractivity contribution is -0.130. The summed E-state index contributed by atoms with van der Waals surface area (Å²) in [5.41, 5.74) is 1.12. The van der Waals surface area contributed by atoms with E-state index >= 15 is 0 Å². The number of rotatable bonds is 3. The average molecular weight is 371 g/mol. The molecule has 4 rings (SSSR count). The van der Waals surface area contributed by atoms with Crippen LogP contribution < -0.4 is 0 Å². The summed E-state index contributed by atoms with van der Waals surface area (Å²) in [5.74, 6) is 2.28. The van der Waals surface area contributed by atoms with E-state index in [-0.39, 0.29) is 17.6 Å². The topological polar surface area (TPSA) is 54.3 Å². The van der Waals surface area contributed by atoms with Crippen LogP contribution in [-0.4, -0.2) is 56.7 Å². The fourth-order valence-corrected chi connectivity index (χ4v) is 4.17. The van der Waals surface area contributed by atoms with Crippen molar-refractivity contribution in [3.63, 3.8) is 0 Å². The zero-order chi connectivity index (χ0) is 18.8. The molecule has 2 aliphatic heterocycles. The molecule has 0 aliphatic carbocycles. The maximum Gasteiger partial charge on any atom is 0.219 e. The summed E-state index contributed by atoms with van der Waals surface area (Å²) in [7, 11) is 0. The Morgan fingerprint density at radius 1 is 1.15 bits per heavy atom. The molecule has 0 N–H and O–H groups in total. The van der Waals surface area contributed by atoms with Gasteiger partial charge in [0.1, 0.15) is 17.5 Å². The third-order valence-electron chi connectivity index (χ3n) is 5.70. The van der Waals surface area contributed by atoms with E-state index in [1.54, 1.807) is 6.92 Å². The minimum atomic E-state index is -0.197. The number of fused-ring (bicyclic) bond motifs is 1. The van der Waals surface area contributed by atoms with Gasteiger partial charge in [-0.2, -0.15) is 0 Å². The zero-order valence-corrected chi connectivity index (χ0v) is 15.8. The number of nitrogens with zero attached hydrogens (tertiary/aromatic N) is 5.